The third-order valence-corrected chi connectivity index (χ3v) is 6.82. The molecule has 1 aliphatic heterocycles. The van der Waals surface area contributed by atoms with E-state index in [1.165, 1.54) is 5.56 Å². The maximum atomic E-state index is 13.6. The molecule has 0 saturated heterocycles. The van der Waals surface area contributed by atoms with Crippen LogP contribution in [0.2, 0.25) is 0 Å². The average molecular weight is 486 g/mol. The fraction of sp³-hybridized carbons (Fsp3) is 0.367. The Balaban J connectivity index is 1.62. The van der Waals surface area contributed by atoms with Crippen molar-refractivity contribution >= 4 is 17.6 Å². The Morgan fingerprint density at radius 3 is 2.31 bits per heavy atom. The van der Waals surface area contributed by atoms with E-state index in [-0.39, 0.29) is 11.5 Å². The van der Waals surface area contributed by atoms with E-state index in [2.05, 4.69) is 34.1 Å². The van der Waals surface area contributed by atoms with Crippen LogP contribution in [0.5, 0.6) is 0 Å². The maximum absolute atomic E-state index is 13.6. The van der Waals surface area contributed by atoms with Gasteiger partial charge in [0.2, 0.25) is 0 Å². The highest BCUT2D eigenvalue weighted by Crippen LogP contribution is 2.27. The number of fused-ring (bicyclic) bond motifs is 1. The topological polar surface area (TPSA) is 73.7 Å². The predicted octanol–water partition coefficient (Wildman–Crippen LogP) is 5.83. The molecule has 0 saturated carbocycles. The Labute approximate surface area is 213 Å². The molecule has 0 radical (unpaired) electrons. The zero-order valence-corrected chi connectivity index (χ0v) is 20.8. The third-order valence-electron chi connectivity index (χ3n) is 6.82. The standard InChI is InChI=1S/C30H35N3O3/c34-29(25-15-17-31-18-16-25)33-21-8-3-1-2-7-19-32(20-9-12-24-10-5-4-6-11-24)23-27-22-26(30(35)36)13-14-28(27)33/h4-6,10-11,13-18,22H,1-3,7-9,12,19-21,23H2,(H,35,36). The Hall–Kier alpha value is -3.51. The number of carboxylic acids is 1. The van der Waals surface area contributed by atoms with Gasteiger partial charge in [-0.1, -0.05) is 49.6 Å². The molecule has 2 heterocycles. The summed E-state index contributed by atoms with van der Waals surface area (Å²) in [5.41, 5.74) is 3.86. The van der Waals surface area contributed by atoms with Crippen molar-refractivity contribution < 1.29 is 14.7 Å². The van der Waals surface area contributed by atoms with Crippen LogP contribution >= 0.6 is 0 Å². The zero-order valence-electron chi connectivity index (χ0n) is 20.8. The molecular weight excluding hydrogens is 450 g/mol. The summed E-state index contributed by atoms with van der Waals surface area (Å²) in [6.45, 7) is 3.10. The van der Waals surface area contributed by atoms with Crippen molar-refractivity contribution in [2.45, 2.75) is 51.5 Å². The van der Waals surface area contributed by atoms with Crippen LogP contribution in [-0.4, -0.2) is 46.5 Å². The van der Waals surface area contributed by atoms with E-state index in [0.29, 0.717) is 18.7 Å². The monoisotopic (exact) mass is 485 g/mol. The summed E-state index contributed by atoms with van der Waals surface area (Å²) >= 11 is 0. The molecule has 0 bridgehead atoms. The minimum Gasteiger partial charge on any atom is -0.478 e. The number of carbonyl (C=O) groups is 2. The van der Waals surface area contributed by atoms with Crippen LogP contribution in [0, 0.1) is 0 Å². The number of rotatable bonds is 6. The molecule has 188 valence electrons. The van der Waals surface area contributed by atoms with Crippen molar-refractivity contribution in [1.82, 2.24) is 9.88 Å². The molecule has 1 aliphatic rings. The summed E-state index contributed by atoms with van der Waals surface area (Å²) in [7, 11) is 0. The Bertz CT molecular complexity index is 1130. The molecule has 1 N–H and O–H groups in total. The van der Waals surface area contributed by atoms with E-state index in [1.807, 2.05) is 17.0 Å². The number of benzene rings is 2. The summed E-state index contributed by atoms with van der Waals surface area (Å²) in [5.74, 6) is -1.03. The van der Waals surface area contributed by atoms with Crippen molar-refractivity contribution in [3.05, 3.63) is 95.3 Å². The fourth-order valence-corrected chi connectivity index (χ4v) is 4.89. The van der Waals surface area contributed by atoms with Gasteiger partial charge in [-0.2, -0.15) is 0 Å². The molecule has 3 aromatic rings. The fourth-order valence-electron chi connectivity index (χ4n) is 4.89. The van der Waals surface area contributed by atoms with Crippen LogP contribution in [0.4, 0.5) is 5.69 Å². The number of amides is 1. The first-order valence-electron chi connectivity index (χ1n) is 13.0. The molecule has 1 aromatic heterocycles. The highest BCUT2D eigenvalue weighted by atomic mass is 16.4. The van der Waals surface area contributed by atoms with Gasteiger partial charge >= 0.3 is 5.97 Å². The van der Waals surface area contributed by atoms with E-state index >= 15 is 0 Å². The van der Waals surface area contributed by atoms with Crippen molar-refractivity contribution in [3.63, 3.8) is 0 Å². The van der Waals surface area contributed by atoms with Gasteiger partial charge in [0, 0.05) is 36.7 Å². The van der Waals surface area contributed by atoms with E-state index in [9.17, 15) is 14.7 Å². The first-order chi connectivity index (χ1) is 17.6. The van der Waals surface area contributed by atoms with Crippen molar-refractivity contribution in [2.24, 2.45) is 0 Å². The molecule has 2 aromatic carbocycles. The second-order valence-corrected chi connectivity index (χ2v) is 9.47. The highest BCUT2D eigenvalue weighted by molar-refractivity contribution is 6.06. The first-order valence-corrected chi connectivity index (χ1v) is 13.0. The lowest BCUT2D eigenvalue weighted by molar-refractivity contribution is 0.0696. The number of hydrogen-bond donors (Lipinski definition) is 1. The normalized spacial score (nSPS) is 15.4. The van der Waals surface area contributed by atoms with Crippen molar-refractivity contribution in [2.75, 3.05) is 24.5 Å². The molecule has 36 heavy (non-hydrogen) atoms. The second-order valence-electron chi connectivity index (χ2n) is 9.47. The molecule has 0 atom stereocenters. The lowest BCUT2D eigenvalue weighted by atomic mass is 10.0. The minimum absolute atomic E-state index is 0.0746. The predicted molar refractivity (Wildman–Crippen MR) is 142 cm³/mol. The summed E-state index contributed by atoms with van der Waals surface area (Å²) in [6, 6.07) is 19.1. The maximum Gasteiger partial charge on any atom is 0.335 e. The number of nitrogens with zero attached hydrogens (tertiary/aromatic N) is 3. The highest BCUT2D eigenvalue weighted by Gasteiger charge is 2.23. The second kappa shape index (κ2) is 13.0. The SMILES string of the molecule is O=C(O)c1ccc2c(c1)CN(CCCc1ccccc1)CCCCCCCN2C(=O)c1ccncc1. The summed E-state index contributed by atoms with van der Waals surface area (Å²) in [6.07, 6.45) is 10.7. The van der Waals surface area contributed by atoms with Gasteiger partial charge in [0.1, 0.15) is 0 Å². The van der Waals surface area contributed by atoms with Crippen molar-refractivity contribution in [3.8, 4) is 0 Å². The van der Waals surface area contributed by atoms with Crippen LogP contribution in [0.1, 0.15) is 70.4 Å². The number of aromatic carboxylic acids is 1. The smallest absolute Gasteiger partial charge is 0.335 e. The van der Waals surface area contributed by atoms with Gasteiger partial charge in [-0.3, -0.25) is 14.7 Å². The number of aryl methyl sites for hydroxylation is 1. The summed E-state index contributed by atoms with van der Waals surface area (Å²) in [4.78, 5) is 33.7. The Morgan fingerprint density at radius 1 is 0.833 bits per heavy atom. The first kappa shape index (κ1) is 25.6. The molecule has 0 aliphatic carbocycles. The average Bonchev–Trinajstić information content (AvgIpc) is 2.90. The van der Waals surface area contributed by atoms with E-state index in [1.54, 1.807) is 36.7 Å². The quantitative estimate of drug-likeness (QED) is 0.476. The molecule has 0 spiro atoms. The Morgan fingerprint density at radius 2 is 1.56 bits per heavy atom. The van der Waals surface area contributed by atoms with Gasteiger partial charge in [-0.25, -0.2) is 4.79 Å². The van der Waals surface area contributed by atoms with Gasteiger partial charge in [0.15, 0.2) is 0 Å². The summed E-state index contributed by atoms with van der Waals surface area (Å²) < 4.78 is 0. The van der Waals surface area contributed by atoms with Gasteiger partial charge in [-0.15, -0.1) is 0 Å². The number of carbonyl (C=O) groups excluding carboxylic acids is 1. The number of anilines is 1. The molecule has 4 rings (SSSR count). The van der Waals surface area contributed by atoms with Gasteiger partial charge in [0.25, 0.3) is 5.91 Å². The number of hydrogen-bond acceptors (Lipinski definition) is 4. The van der Waals surface area contributed by atoms with Crippen LogP contribution < -0.4 is 4.90 Å². The summed E-state index contributed by atoms with van der Waals surface area (Å²) in [5, 5.41) is 9.68. The zero-order chi connectivity index (χ0) is 25.2. The van der Waals surface area contributed by atoms with Gasteiger partial charge < -0.3 is 10.0 Å². The van der Waals surface area contributed by atoms with E-state index in [4.69, 9.17) is 0 Å². The Kier molecular flexibility index (Phi) is 9.22. The van der Waals surface area contributed by atoms with Crippen molar-refractivity contribution in [1.29, 1.82) is 0 Å². The van der Waals surface area contributed by atoms with E-state index in [0.717, 1.165) is 69.3 Å². The molecule has 6 heteroatoms. The number of pyridine rings is 1. The molecular formula is C30H35N3O3. The largest absolute Gasteiger partial charge is 0.478 e. The van der Waals surface area contributed by atoms with Gasteiger partial charge in [-0.05, 0) is 80.2 Å². The van der Waals surface area contributed by atoms with Crippen LogP contribution in [0.25, 0.3) is 0 Å². The van der Waals surface area contributed by atoms with Crippen LogP contribution in [0.15, 0.2) is 73.1 Å². The minimum atomic E-state index is -0.952. The lowest BCUT2D eigenvalue weighted by Crippen LogP contribution is -2.34. The number of carboxylic acid groups (broad SMARTS) is 1. The van der Waals surface area contributed by atoms with E-state index < -0.39 is 5.97 Å². The van der Waals surface area contributed by atoms with Gasteiger partial charge in [0.05, 0.1) is 5.56 Å². The molecule has 1 amide bonds. The number of aromatic nitrogens is 1. The third kappa shape index (κ3) is 7.01. The lowest BCUT2D eigenvalue weighted by Gasteiger charge is -2.29. The van der Waals surface area contributed by atoms with Crippen LogP contribution in [0.3, 0.4) is 0 Å². The molecule has 0 unspecified atom stereocenters. The molecule has 0 fully saturated rings. The molecule has 6 nitrogen and oxygen atoms in total. The van der Waals surface area contributed by atoms with Crippen LogP contribution in [-0.2, 0) is 13.0 Å².